The summed E-state index contributed by atoms with van der Waals surface area (Å²) in [6.07, 6.45) is 1.55. The van der Waals surface area contributed by atoms with Crippen LogP contribution in [0.5, 0.6) is 11.5 Å². The zero-order valence-electron chi connectivity index (χ0n) is 16.3. The topological polar surface area (TPSA) is 70.7 Å². The lowest BCUT2D eigenvalue weighted by molar-refractivity contribution is 0.0747. The molecule has 154 valence electrons. The maximum atomic E-state index is 14.1. The molecule has 3 aromatic rings. The molecule has 0 radical (unpaired) electrons. The molecule has 1 fully saturated rings. The van der Waals surface area contributed by atoms with Crippen molar-refractivity contribution in [2.24, 2.45) is 0 Å². The third-order valence-electron chi connectivity index (χ3n) is 5.46. The number of nitrogens with one attached hydrogen (secondary N) is 1. The fourth-order valence-electron chi connectivity index (χ4n) is 3.90. The number of ether oxygens (including phenoxy) is 2. The molecule has 2 aromatic carbocycles. The lowest BCUT2D eigenvalue weighted by Crippen LogP contribution is -2.49. The molecule has 1 amide bonds. The highest BCUT2D eigenvalue weighted by Crippen LogP contribution is 2.35. The highest BCUT2D eigenvalue weighted by atomic mass is 19.1. The van der Waals surface area contributed by atoms with Gasteiger partial charge in [0.05, 0.1) is 23.1 Å². The Morgan fingerprint density at radius 1 is 1.00 bits per heavy atom. The molecule has 0 bridgehead atoms. The van der Waals surface area contributed by atoms with Gasteiger partial charge in [0.2, 0.25) is 0 Å². The number of rotatable bonds is 3. The molecule has 0 saturated carbocycles. The number of benzene rings is 2. The second-order valence-corrected chi connectivity index (χ2v) is 7.25. The number of hydrogen-bond donors (Lipinski definition) is 1. The van der Waals surface area contributed by atoms with Crippen LogP contribution in [0.3, 0.4) is 0 Å². The molecule has 3 heterocycles. The SMILES string of the molecule is O=C(c1cn[nH]c1-c1ccc2c(c1)OCCO2)N1CCN(c2ccccc2F)CC1. The maximum absolute atomic E-state index is 14.1. The number of carbonyl (C=O) groups excluding carboxylic acids is 1. The van der Waals surface area contributed by atoms with E-state index in [0.717, 1.165) is 5.56 Å². The summed E-state index contributed by atoms with van der Waals surface area (Å²) in [5, 5.41) is 7.03. The van der Waals surface area contributed by atoms with Crippen LogP contribution in [0, 0.1) is 5.82 Å². The van der Waals surface area contributed by atoms with Crippen molar-refractivity contribution in [2.75, 3.05) is 44.3 Å². The quantitative estimate of drug-likeness (QED) is 0.722. The molecule has 30 heavy (non-hydrogen) atoms. The lowest BCUT2D eigenvalue weighted by Gasteiger charge is -2.36. The summed E-state index contributed by atoms with van der Waals surface area (Å²) in [6.45, 7) is 3.20. The van der Waals surface area contributed by atoms with Gasteiger partial charge < -0.3 is 19.3 Å². The second-order valence-electron chi connectivity index (χ2n) is 7.25. The van der Waals surface area contributed by atoms with Gasteiger partial charge in [0.25, 0.3) is 5.91 Å². The Morgan fingerprint density at radius 3 is 2.57 bits per heavy atom. The molecule has 5 rings (SSSR count). The zero-order chi connectivity index (χ0) is 20.5. The number of nitrogens with zero attached hydrogens (tertiary/aromatic N) is 3. The summed E-state index contributed by atoms with van der Waals surface area (Å²) in [4.78, 5) is 16.9. The van der Waals surface area contributed by atoms with Crippen LogP contribution in [0.25, 0.3) is 11.3 Å². The van der Waals surface area contributed by atoms with Crippen molar-refractivity contribution in [3.05, 3.63) is 60.0 Å². The number of carbonyl (C=O) groups is 1. The van der Waals surface area contributed by atoms with Crippen molar-refractivity contribution in [3.8, 4) is 22.8 Å². The average Bonchev–Trinajstić information content (AvgIpc) is 3.29. The van der Waals surface area contributed by atoms with Gasteiger partial charge in [-0.2, -0.15) is 5.10 Å². The molecule has 1 aromatic heterocycles. The molecule has 0 aliphatic carbocycles. The predicted molar refractivity (Wildman–Crippen MR) is 110 cm³/mol. The summed E-state index contributed by atoms with van der Waals surface area (Å²) in [5.41, 5.74) is 2.54. The number of piperazine rings is 1. The first kappa shape index (κ1) is 18.5. The molecule has 0 unspecified atom stereocenters. The van der Waals surface area contributed by atoms with E-state index in [4.69, 9.17) is 9.47 Å². The van der Waals surface area contributed by atoms with Crippen LogP contribution in [-0.4, -0.2) is 60.4 Å². The van der Waals surface area contributed by atoms with Gasteiger partial charge in [-0.3, -0.25) is 9.89 Å². The Bertz CT molecular complexity index is 1080. The summed E-state index contributed by atoms with van der Waals surface area (Å²) < 4.78 is 25.3. The van der Waals surface area contributed by atoms with E-state index in [2.05, 4.69) is 10.2 Å². The van der Waals surface area contributed by atoms with Crippen LogP contribution in [0.4, 0.5) is 10.1 Å². The predicted octanol–water partition coefficient (Wildman–Crippen LogP) is 2.95. The number of fused-ring (bicyclic) bond motifs is 1. The number of amides is 1. The van der Waals surface area contributed by atoms with Gasteiger partial charge in [0.15, 0.2) is 11.5 Å². The van der Waals surface area contributed by atoms with Crippen LogP contribution in [0.2, 0.25) is 0 Å². The fraction of sp³-hybridized carbons (Fsp3) is 0.273. The molecular weight excluding hydrogens is 387 g/mol. The Labute approximate surface area is 173 Å². The van der Waals surface area contributed by atoms with Crippen LogP contribution < -0.4 is 14.4 Å². The summed E-state index contributed by atoms with van der Waals surface area (Å²) >= 11 is 0. The maximum Gasteiger partial charge on any atom is 0.257 e. The molecule has 1 saturated heterocycles. The number of anilines is 1. The highest BCUT2D eigenvalue weighted by molar-refractivity contribution is 6.00. The number of H-pyrrole nitrogens is 1. The molecule has 0 spiro atoms. The van der Waals surface area contributed by atoms with E-state index in [1.807, 2.05) is 29.2 Å². The van der Waals surface area contributed by atoms with E-state index in [1.54, 1.807) is 23.2 Å². The van der Waals surface area contributed by atoms with E-state index < -0.39 is 0 Å². The molecule has 8 heteroatoms. The summed E-state index contributed by atoms with van der Waals surface area (Å²) in [6, 6.07) is 12.3. The first-order valence-electron chi connectivity index (χ1n) is 9.93. The second kappa shape index (κ2) is 7.70. The summed E-state index contributed by atoms with van der Waals surface area (Å²) in [7, 11) is 0. The van der Waals surface area contributed by atoms with Crippen molar-refractivity contribution < 1.29 is 18.7 Å². The van der Waals surface area contributed by atoms with Crippen molar-refractivity contribution in [1.29, 1.82) is 0 Å². The molecule has 7 nitrogen and oxygen atoms in total. The van der Waals surface area contributed by atoms with Crippen LogP contribution in [0.15, 0.2) is 48.7 Å². The van der Waals surface area contributed by atoms with E-state index in [9.17, 15) is 9.18 Å². The van der Waals surface area contributed by atoms with Gasteiger partial charge in [-0.25, -0.2) is 4.39 Å². The standard InChI is InChI=1S/C22H21FN4O3/c23-17-3-1-2-4-18(17)26-7-9-27(10-8-26)22(28)16-14-24-25-21(16)15-5-6-19-20(13-15)30-12-11-29-19/h1-6,13-14H,7-12H2,(H,24,25). The number of aromatic nitrogens is 2. The first-order chi connectivity index (χ1) is 14.7. The third-order valence-corrected chi connectivity index (χ3v) is 5.46. The van der Waals surface area contributed by atoms with E-state index in [1.165, 1.54) is 6.07 Å². The van der Waals surface area contributed by atoms with E-state index in [0.29, 0.717) is 67.8 Å². The van der Waals surface area contributed by atoms with Gasteiger partial charge >= 0.3 is 0 Å². The monoisotopic (exact) mass is 408 g/mol. The Balaban J connectivity index is 1.33. The molecule has 2 aliphatic heterocycles. The zero-order valence-corrected chi connectivity index (χ0v) is 16.3. The Kier molecular flexibility index (Phi) is 4.74. The largest absolute Gasteiger partial charge is 0.486 e. The molecule has 2 aliphatic rings. The van der Waals surface area contributed by atoms with Crippen LogP contribution >= 0.6 is 0 Å². The van der Waals surface area contributed by atoms with E-state index >= 15 is 0 Å². The van der Waals surface area contributed by atoms with Gasteiger partial charge in [-0.15, -0.1) is 0 Å². The normalized spacial score (nSPS) is 15.9. The van der Waals surface area contributed by atoms with Gasteiger partial charge in [0.1, 0.15) is 19.0 Å². The minimum Gasteiger partial charge on any atom is -0.486 e. The minimum atomic E-state index is -0.243. The Morgan fingerprint density at radius 2 is 1.77 bits per heavy atom. The Hall–Kier alpha value is -3.55. The third kappa shape index (κ3) is 3.34. The van der Waals surface area contributed by atoms with Crippen molar-refractivity contribution >= 4 is 11.6 Å². The average molecular weight is 408 g/mol. The minimum absolute atomic E-state index is 0.0955. The molecular formula is C22H21FN4O3. The number of halogens is 1. The highest BCUT2D eigenvalue weighted by Gasteiger charge is 2.26. The number of hydrogen-bond acceptors (Lipinski definition) is 5. The smallest absolute Gasteiger partial charge is 0.257 e. The molecule has 0 atom stereocenters. The number of aromatic amines is 1. The first-order valence-corrected chi connectivity index (χ1v) is 9.93. The van der Waals surface area contributed by atoms with Crippen molar-refractivity contribution in [3.63, 3.8) is 0 Å². The van der Waals surface area contributed by atoms with Gasteiger partial charge in [0, 0.05) is 31.7 Å². The van der Waals surface area contributed by atoms with Gasteiger partial charge in [-0.05, 0) is 30.3 Å². The van der Waals surface area contributed by atoms with Crippen LogP contribution in [-0.2, 0) is 0 Å². The summed E-state index contributed by atoms with van der Waals surface area (Å²) in [5.74, 6) is 1.02. The van der Waals surface area contributed by atoms with Crippen molar-refractivity contribution in [2.45, 2.75) is 0 Å². The lowest BCUT2D eigenvalue weighted by atomic mass is 10.1. The fourth-order valence-corrected chi connectivity index (χ4v) is 3.90. The van der Waals surface area contributed by atoms with Crippen LogP contribution in [0.1, 0.15) is 10.4 Å². The molecule has 1 N–H and O–H groups in total. The number of para-hydroxylation sites is 1. The van der Waals surface area contributed by atoms with Gasteiger partial charge in [-0.1, -0.05) is 12.1 Å². The van der Waals surface area contributed by atoms with E-state index in [-0.39, 0.29) is 11.7 Å². The van der Waals surface area contributed by atoms with Crippen molar-refractivity contribution in [1.82, 2.24) is 15.1 Å².